The number of hydrogen-bond donors (Lipinski definition) is 2. The van der Waals surface area contributed by atoms with Crippen LogP contribution in [0, 0.1) is 6.92 Å². The van der Waals surface area contributed by atoms with Crippen LogP contribution < -0.4 is 5.32 Å². The largest absolute Gasteiger partial charge is 0.358 e. The summed E-state index contributed by atoms with van der Waals surface area (Å²) >= 11 is 0. The van der Waals surface area contributed by atoms with Gasteiger partial charge in [-0.3, -0.25) is 0 Å². The molecular weight excluding hydrogens is 326 g/mol. The summed E-state index contributed by atoms with van der Waals surface area (Å²) in [5.74, 6) is 0. The molecule has 24 heavy (non-hydrogen) atoms. The van der Waals surface area contributed by atoms with Gasteiger partial charge < -0.3 is 15.2 Å². The number of para-hydroxylation sites is 1. The van der Waals surface area contributed by atoms with Crippen LogP contribution in [0.4, 0.5) is 4.79 Å². The highest BCUT2D eigenvalue weighted by Crippen LogP contribution is 2.22. The van der Waals surface area contributed by atoms with Gasteiger partial charge in [0.05, 0.1) is 5.25 Å². The van der Waals surface area contributed by atoms with Crippen molar-refractivity contribution in [2.75, 3.05) is 25.9 Å². The van der Waals surface area contributed by atoms with Gasteiger partial charge in [0.1, 0.15) is 0 Å². The van der Waals surface area contributed by atoms with Crippen LogP contribution in [0.2, 0.25) is 0 Å². The van der Waals surface area contributed by atoms with E-state index in [2.05, 4.69) is 16.4 Å². The summed E-state index contributed by atoms with van der Waals surface area (Å²) in [6.45, 7) is 3.35. The highest BCUT2D eigenvalue weighted by molar-refractivity contribution is 7.91. The highest BCUT2D eigenvalue weighted by Gasteiger charge is 2.32. The molecule has 2 aromatic rings. The summed E-state index contributed by atoms with van der Waals surface area (Å²) in [4.78, 5) is 17.2. The number of fused-ring (bicyclic) bond motifs is 1. The van der Waals surface area contributed by atoms with Crippen LogP contribution >= 0.6 is 0 Å². The van der Waals surface area contributed by atoms with E-state index in [9.17, 15) is 13.2 Å². The number of likely N-dealkylation sites (tertiary alicyclic amines) is 1. The van der Waals surface area contributed by atoms with Gasteiger partial charge in [-0.2, -0.15) is 0 Å². The predicted molar refractivity (Wildman–Crippen MR) is 95.0 cm³/mol. The molecule has 2 N–H and O–H groups in total. The Hall–Kier alpha value is -2.02. The predicted octanol–water partition coefficient (Wildman–Crippen LogP) is 1.85. The van der Waals surface area contributed by atoms with E-state index in [4.69, 9.17) is 0 Å². The summed E-state index contributed by atoms with van der Waals surface area (Å²) in [5, 5.41) is 3.66. The topological polar surface area (TPSA) is 82.3 Å². The molecule has 7 heteroatoms. The summed E-state index contributed by atoms with van der Waals surface area (Å²) in [7, 11) is -3.08. The van der Waals surface area contributed by atoms with Gasteiger partial charge in [-0.05, 0) is 31.4 Å². The molecule has 130 valence electrons. The Labute approximate surface area is 142 Å². The van der Waals surface area contributed by atoms with Gasteiger partial charge in [0.25, 0.3) is 0 Å². The van der Waals surface area contributed by atoms with Crippen molar-refractivity contribution in [3.63, 3.8) is 0 Å². The number of aromatic amines is 1. The van der Waals surface area contributed by atoms with Crippen LogP contribution in [0.3, 0.4) is 0 Å². The highest BCUT2D eigenvalue weighted by atomic mass is 32.2. The lowest BCUT2D eigenvalue weighted by atomic mass is 10.1. The number of aromatic nitrogens is 1. The number of amides is 2. The Morgan fingerprint density at radius 2 is 2.12 bits per heavy atom. The minimum absolute atomic E-state index is 0.182. The summed E-state index contributed by atoms with van der Waals surface area (Å²) in [6.07, 6.45) is 2.50. The number of carbonyl (C=O) groups excluding carboxylic acids is 1. The van der Waals surface area contributed by atoms with Crippen LogP contribution in [-0.2, 0) is 16.3 Å². The molecule has 1 aliphatic rings. The first-order valence-corrected chi connectivity index (χ1v) is 10.1. The van der Waals surface area contributed by atoms with Gasteiger partial charge in [-0.1, -0.05) is 18.2 Å². The molecule has 6 nitrogen and oxygen atoms in total. The molecule has 0 bridgehead atoms. The van der Waals surface area contributed by atoms with E-state index in [1.807, 2.05) is 25.1 Å². The number of aryl methyl sites for hydroxylation is 1. The van der Waals surface area contributed by atoms with Crippen molar-refractivity contribution >= 4 is 26.8 Å². The van der Waals surface area contributed by atoms with Gasteiger partial charge in [0.2, 0.25) is 0 Å². The van der Waals surface area contributed by atoms with Gasteiger partial charge in [-0.25, -0.2) is 13.2 Å². The van der Waals surface area contributed by atoms with Gasteiger partial charge in [0.15, 0.2) is 9.84 Å². The molecule has 0 spiro atoms. The zero-order valence-electron chi connectivity index (χ0n) is 14.0. The molecule has 1 aromatic heterocycles. The summed E-state index contributed by atoms with van der Waals surface area (Å²) in [5.41, 5.74) is 3.43. The number of carbonyl (C=O) groups is 1. The Morgan fingerprint density at radius 1 is 1.38 bits per heavy atom. The van der Waals surface area contributed by atoms with E-state index >= 15 is 0 Å². The average molecular weight is 349 g/mol. The van der Waals surface area contributed by atoms with Crippen molar-refractivity contribution < 1.29 is 13.2 Å². The Balaban J connectivity index is 1.57. The monoisotopic (exact) mass is 349 g/mol. The van der Waals surface area contributed by atoms with Crippen molar-refractivity contribution in [3.05, 3.63) is 35.5 Å². The Morgan fingerprint density at radius 3 is 2.83 bits per heavy atom. The second kappa shape index (κ2) is 6.47. The van der Waals surface area contributed by atoms with E-state index in [0.29, 0.717) is 19.5 Å². The van der Waals surface area contributed by atoms with E-state index in [0.717, 1.165) is 17.6 Å². The first-order valence-electron chi connectivity index (χ1n) is 8.14. The third-order valence-electron chi connectivity index (χ3n) is 4.72. The van der Waals surface area contributed by atoms with Gasteiger partial charge in [-0.15, -0.1) is 0 Å². The maximum atomic E-state index is 12.2. The molecule has 1 atom stereocenters. The number of H-pyrrole nitrogens is 1. The molecule has 0 saturated carbocycles. The van der Waals surface area contributed by atoms with Gasteiger partial charge >= 0.3 is 6.03 Å². The molecule has 2 heterocycles. The summed E-state index contributed by atoms with van der Waals surface area (Å²) < 4.78 is 23.1. The molecule has 1 saturated heterocycles. The number of sulfone groups is 1. The maximum absolute atomic E-state index is 12.2. The second-order valence-electron chi connectivity index (χ2n) is 6.44. The van der Waals surface area contributed by atoms with E-state index in [1.165, 1.54) is 17.2 Å². The lowest BCUT2D eigenvalue weighted by molar-refractivity contribution is 0.209. The quantitative estimate of drug-likeness (QED) is 0.884. The van der Waals surface area contributed by atoms with Crippen molar-refractivity contribution in [1.29, 1.82) is 0 Å². The molecule has 1 fully saturated rings. The minimum atomic E-state index is -3.08. The second-order valence-corrected chi connectivity index (χ2v) is 8.77. The normalized spacial score (nSPS) is 18.2. The Bertz CT molecular complexity index is 857. The van der Waals surface area contributed by atoms with Crippen molar-refractivity contribution in [1.82, 2.24) is 15.2 Å². The molecule has 1 aliphatic heterocycles. The van der Waals surface area contributed by atoms with Crippen LogP contribution in [0.25, 0.3) is 10.9 Å². The van der Waals surface area contributed by atoms with Crippen LogP contribution in [0.5, 0.6) is 0 Å². The van der Waals surface area contributed by atoms with Gasteiger partial charge in [0, 0.05) is 42.5 Å². The van der Waals surface area contributed by atoms with E-state index in [1.54, 1.807) is 4.90 Å². The number of nitrogens with one attached hydrogen (secondary N) is 2. The zero-order chi connectivity index (χ0) is 17.3. The van der Waals surface area contributed by atoms with Crippen LogP contribution in [0.15, 0.2) is 24.3 Å². The first kappa shape index (κ1) is 16.8. The fraction of sp³-hybridized carbons (Fsp3) is 0.471. The minimum Gasteiger partial charge on any atom is -0.358 e. The smallest absolute Gasteiger partial charge is 0.317 e. The number of urea groups is 1. The third kappa shape index (κ3) is 3.40. The van der Waals surface area contributed by atoms with Crippen molar-refractivity contribution in [3.8, 4) is 0 Å². The zero-order valence-corrected chi connectivity index (χ0v) is 14.8. The SMILES string of the molecule is Cc1[nH]c2ccccc2c1CCNC(=O)N1CCC(S(C)(=O)=O)C1. The molecule has 1 aromatic carbocycles. The molecule has 0 radical (unpaired) electrons. The summed E-state index contributed by atoms with van der Waals surface area (Å²) in [6, 6.07) is 7.94. The fourth-order valence-electron chi connectivity index (χ4n) is 3.33. The first-order chi connectivity index (χ1) is 11.4. The van der Waals surface area contributed by atoms with Crippen LogP contribution in [0.1, 0.15) is 17.7 Å². The number of benzene rings is 1. The van der Waals surface area contributed by atoms with E-state index < -0.39 is 15.1 Å². The number of nitrogens with zero attached hydrogens (tertiary/aromatic N) is 1. The molecule has 2 amide bonds. The standard InChI is InChI=1S/C17H23N3O3S/c1-12-14(15-5-3-4-6-16(15)19-12)7-9-18-17(21)20-10-8-13(11-20)24(2,22)23/h3-6,13,19H,7-11H2,1-2H3,(H,18,21). The van der Waals surface area contributed by atoms with Crippen molar-refractivity contribution in [2.45, 2.75) is 25.0 Å². The maximum Gasteiger partial charge on any atom is 0.317 e. The lowest BCUT2D eigenvalue weighted by Gasteiger charge is -2.17. The average Bonchev–Trinajstić information content (AvgIpc) is 3.12. The van der Waals surface area contributed by atoms with Crippen LogP contribution in [-0.4, -0.2) is 55.5 Å². The molecule has 1 unspecified atom stereocenters. The van der Waals surface area contributed by atoms with Crippen molar-refractivity contribution in [2.24, 2.45) is 0 Å². The third-order valence-corrected chi connectivity index (χ3v) is 6.31. The Kier molecular flexibility index (Phi) is 4.54. The van der Waals surface area contributed by atoms with E-state index in [-0.39, 0.29) is 12.6 Å². The molecule has 3 rings (SSSR count). The fourth-order valence-corrected chi connectivity index (χ4v) is 4.31. The molecular formula is C17H23N3O3S. The lowest BCUT2D eigenvalue weighted by Crippen LogP contribution is -2.40. The number of rotatable bonds is 4. The molecule has 0 aliphatic carbocycles. The number of hydrogen-bond acceptors (Lipinski definition) is 3.